The van der Waals surface area contributed by atoms with Crippen LogP contribution in [0.15, 0.2) is 53.4 Å². The lowest BCUT2D eigenvalue weighted by molar-refractivity contribution is -0.125. The van der Waals surface area contributed by atoms with E-state index in [2.05, 4.69) is 0 Å². The fourth-order valence-electron chi connectivity index (χ4n) is 2.63. The van der Waals surface area contributed by atoms with Crippen LogP contribution in [0, 0.1) is 5.82 Å². The van der Waals surface area contributed by atoms with Gasteiger partial charge in [0, 0.05) is 5.56 Å². The standard InChI is InChI=1S/C18H16FNO4S/c1-18(2)17(21)15(11-3-7-13(19)8-4-11)16(24-18)12-5-9-14(10-6-12)25(20,22)23/h3-10H,1-2H3,(H2,20,22,23). The average molecular weight is 361 g/mol. The summed E-state index contributed by atoms with van der Waals surface area (Å²) in [5.74, 6) is -0.318. The van der Waals surface area contributed by atoms with Crippen LogP contribution in [0.2, 0.25) is 0 Å². The molecule has 0 atom stereocenters. The molecular weight excluding hydrogens is 345 g/mol. The van der Waals surface area contributed by atoms with Crippen molar-refractivity contribution in [3.05, 3.63) is 65.5 Å². The van der Waals surface area contributed by atoms with Crippen molar-refractivity contribution >= 4 is 27.1 Å². The monoisotopic (exact) mass is 361 g/mol. The van der Waals surface area contributed by atoms with E-state index >= 15 is 0 Å². The van der Waals surface area contributed by atoms with E-state index in [1.165, 1.54) is 48.5 Å². The summed E-state index contributed by atoms with van der Waals surface area (Å²) >= 11 is 0. The highest BCUT2D eigenvalue weighted by molar-refractivity contribution is 7.89. The number of halogens is 1. The van der Waals surface area contributed by atoms with Crippen LogP contribution >= 0.6 is 0 Å². The molecule has 1 aliphatic rings. The van der Waals surface area contributed by atoms with E-state index in [9.17, 15) is 17.6 Å². The second kappa shape index (κ2) is 5.79. The Kier molecular flexibility index (Phi) is 4.01. The normalized spacial score (nSPS) is 16.9. The number of nitrogens with two attached hydrogens (primary N) is 1. The quantitative estimate of drug-likeness (QED) is 0.911. The predicted molar refractivity (Wildman–Crippen MR) is 91.2 cm³/mol. The van der Waals surface area contributed by atoms with Gasteiger partial charge in [0.2, 0.25) is 15.8 Å². The summed E-state index contributed by atoms with van der Waals surface area (Å²) in [6, 6.07) is 11.3. The lowest BCUT2D eigenvalue weighted by atomic mass is 9.92. The second-order valence-electron chi connectivity index (χ2n) is 6.22. The second-order valence-corrected chi connectivity index (χ2v) is 7.78. The van der Waals surface area contributed by atoms with Gasteiger partial charge in [0.15, 0.2) is 5.60 Å². The Labute approximate surface area is 145 Å². The number of hydrogen-bond acceptors (Lipinski definition) is 4. The molecular formula is C18H16FNO4S. The van der Waals surface area contributed by atoms with Crippen LogP contribution in [-0.2, 0) is 19.6 Å². The van der Waals surface area contributed by atoms with Crippen molar-refractivity contribution in [1.82, 2.24) is 0 Å². The van der Waals surface area contributed by atoms with Crippen LogP contribution in [0.4, 0.5) is 4.39 Å². The van der Waals surface area contributed by atoms with Gasteiger partial charge in [-0.15, -0.1) is 0 Å². The molecule has 2 aromatic rings. The molecule has 1 heterocycles. The smallest absolute Gasteiger partial charge is 0.238 e. The summed E-state index contributed by atoms with van der Waals surface area (Å²) in [4.78, 5) is 12.7. The number of carbonyl (C=O) groups excluding carboxylic acids is 1. The molecule has 1 aliphatic heterocycles. The van der Waals surface area contributed by atoms with E-state index in [0.717, 1.165) is 0 Å². The molecule has 0 fully saturated rings. The van der Waals surface area contributed by atoms with E-state index in [1.807, 2.05) is 0 Å². The van der Waals surface area contributed by atoms with Crippen LogP contribution < -0.4 is 5.14 Å². The highest BCUT2D eigenvalue weighted by Crippen LogP contribution is 2.41. The highest BCUT2D eigenvalue weighted by atomic mass is 32.2. The van der Waals surface area contributed by atoms with Gasteiger partial charge < -0.3 is 4.74 Å². The molecule has 0 saturated carbocycles. The molecule has 3 rings (SSSR count). The first kappa shape index (κ1) is 17.3. The van der Waals surface area contributed by atoms with Crippen molar-refractivity contribution in [3.8, 4) is 0 Å². The summed E-state index contributed by atoms with van der Waals surface area (Å²) in [7, 11) is -3.81. The van der Waals surface area contributed by atoms with Crippen molar-refractivity contribution in [3.63, 3.8) is 0 Å². The van der Waals surface area contributed by atoms with Crippen LogP contribution in [0.1, 0.15) is 25.0 Å². The van der Waals surface area contributed by atoms with Gasteiger partial charge in [-0.2, -0.15) is 0 Å². The van der Waals surface area contributed by atoms with E-state index < -0.39 is 21.4 Å². The molecule has 0 saturated heterocycles. The number of primary sulfonamides is 1. The van der Waals surface area contributed by atoms with Crippen molar-refractivity contribution in [2.75, 3.05) is 0 Å². The summed E-state index contributed by atoms with van der Waals surface area (Å²) in [5.41, 5.74) is 0.319. The average Bonchev–Trinajstić information content (AvgIpc) is 2.78. The number of ether oxygens (including phenoxy) is 1. The van der Waals surface area contributed by atoms with Gasteiger partial charge in [-0.25, -0.2) is 17.9 Å². The van der Waals surface area contributed by atoms with Crippen LogP contribution in [-0.4, -0.2) is 19.8 Å². The number of benzene rings is 2. The molecule has 0 amide bonds. The van der Waals surface area contributed by atoms with E-state index in [0.29, 0.717) is 22.5 Å². The zero-order valence-corrected chi connectivity index (χ0v) is 14.4. The lowest BCUT2D eigenvalue weighted by Crippen LogP contribution is -2.29. The molecule has 0 radical (unpaired) electrons. The lowest BCUT2D eigenvalue weighted by Gasteiger charge is -2.17. The topological polar surface area (TPSA) is 86.5 Å². The Bertz CT molecular complexity index is 975. The summed E-state index contributed by atoms with van der Waals surface area (Å²) in [6.45, 7) is 3.29. The maximum Gasteiger partial charge on any atom is 0.238 e. The third kappa shape index (κ3) is 3.20. The Morgan fingerprint density at radius 1 is 0.960 bits per heavy atom. The van der Waals surface area contributed by atoms with E-state index in [-0.39, 0.29) is 10.7 Å². The van der Waals surface area contributed by atoms with Crippen molar-refractivity contribution in [2.45, 2.75) is 24.3 Å². The zero-order chi connectivity index (χ0) is 18.4. The van der Waals surface area contributed by atoms with Gasteiger partial charge in [-0.05, 0) is 55.8 Å². The zero-order valence-electron chi connectivity index (χ0n) is 13.6. The highest BCUT2D eigenvalue weighted by Gasteiger charge is 2.42. The number of hydrogen-bond donors (Lipinski definition) is 1. The van der Waals surface area contributed by atoms with Crippen molar-refractivity contribution in [1.29, 1.82) is 0 Å². The molecule has 7 heteroatoms. The van der Waals surface area contributed by atoms with Crippen molar-refractivity contribution < 1.29 is 22.3 Å². The molecule has 0 bridgehead atoms. The number of Topliss-reactive ketones (excluding diaryl/α,β-unsaturated/α-hetero) is 1. The van der Waals surface area contributed by atoms with Gasteiger partial charge in [0.25, 0.3) is 0 Å². The molecule has 130 valence electrons. The van der Waals surface area contributed by atoms with Gasteiger partial charge in [-0.1, -0.05) is 12.1 Å². The van der Waals surface area contributed by atoms with Gasteiger partial charge >= 0.3 is 0 Å². The maximum absolute atomic E-state index is 13.2. The van der Waals surface area contributed by atoms with Gasteiger partial charge in [0.1, 0.15) is 11.6 Å². The maximum atomic E-state index is 13.2. The van der Waals surface area contributed by atoms with Gasteiger partial charge in [-0.3, -0.25) is 4.79 Å². The predicted octanol–water partition coefficient (Wildman–Crippen LogP) is 2.72. The van der Waals surface area contributed by atoms with Crippen LogP contribution in [0.3, 0.4) is 0 Å². The SMILES string of the molecule is CC1(C)OC(c2ccc(S(N)(=O)=O)cc2)=C(c2ccc(F)cc2)C1=O. The van der Waals surface area contributed by atoms with Crippen molar-refractivity contribution in [2.24, 2.45) is 5.14 Å². The number of rotatable bonds is 3. The Balaban J connectivity index is 2.15. The summed E-state index contributed by atoms with van der Waals surface area (Å²) in [6.07, 6.45) is 0. The molecule has 25 heavy (non-hydrogen) atoms. The van der Waals surface area contributed by atoms with Crippen LogP contribution in [0.5, 0.6) is 0 Å². The van der Waals surface area contributed by atoms with E-state index in [1.54, 1.807) is 13.8 Å². The molecule has 0 aliphatic carbocycles. The largest absolute Gasteiger partial charge is 0.478 e. The molecule has 2 aromatic carbocycles. The first-order chi connectivity index (χ1) is 11.6. The molecule has 5 nitrogen and oxygen atoms in total. The minimum absolute atomic E-state index is 0.0382. The fourth-order valence-corrected chi connectivity index (χ4v) is 3.15. The van der Waals surface area contributed by atoms with E-state index in [4.69, 9.17) is 9.88 Å². The molecule has 2 N–H and O–H groups in total. The molecule has 0 aromatic heterocycles. The van der Waals surface area contributed by atoms with Crippen LogP contribution in [0.25, 0.3) is 11.3 Å². The minimum Gasteiger partial charge on any atom is -0.478 e. The Hall–Kier alpha value is -2.51. The Morgan fingerprint density at radius 3 is 2.00 bits per heavy atom. The first-order valence-electron chi connectivity index (χ1n) is 7.47. The fraction of sp³-hybridized carbons (Fsp3) is 0.167. The third-order valence-corrected chi connectivity index (χ3v) is 4.87. The number of sulfonamides is 1. The third-order valence-electron chi connectivity index (χ3n) is 3.94. The number of carbonyl (C=O) groups is 1. The number of ketones is 1. The summed E-state index contributed by atoms with van der Waals surface area (Å²) < 4.78 is 41.8. The molecule has 0 unspecified atom stereocenters. The van der Waals surface area contributed by atoms with Gasteiger partial charge in [0.05, 0.1) is 10.5 Å². The summed E-state index contributed by atoms with van der Waals surface area (Å²) in [5, 5.41) is 5.10. The minimum atomic E-state index is -3.81. The first-order valence-corrected chi connectivity index (χ1v) is 9.01. The molecule has 0 spiro atoms. The Morgan fingerprint density at radius 2 is 1.48 bits per heavy atom.